The first kappa shape index (κ1) is 23.7. The summed E-state index contributed by atoms with van der Waals surface area (Å²) in [5, 5.41) is 16.7. The summed E-state index contributed by atoms with van der Waals surface area (Å²) in [5.41, 5.74) is 4.26. The Morgan fingerprint density at radius 1 is 1.16 bits per heavy atom. The van der Waals surface area contributed by atoms with Gasteiger partial charge in [0, 0.05) is 23.6 Å². The largest absolute Gasteiger partial charge is 0.366 e. The van der Waals surface area contributed by atoms with Crippen molar-refractivity contribution in [2.75, 3.05) is 18.4 Å². The van der Waals surface area contributed by atoms with Gasteiger partial charge in [0.05, 0.1) is 16.8 Å². The highest BCUT2D eigenvalue weighted by Gasteiger charge is 2.42. The summed E-state index contributed by atoms with van der Waals surface area (Å²) in [7, 11) is -3.72. The predicted octanol–water partition coefficient (Wildman–Crippen LogP) is 2.40. The van der Waals surface area contributed by atoms with Gasteiger partial charge in [-0.3, -0.25) is 0 Å². The summed E-state index contributed by atoms with van der Waals surface area (Å²) in [5.74, 6) is 0.950. The van der Waals surface area contributed by atoms with Crippen LogP contribution in [0.4, 0.5) is 5.82 Å². The molecular weight excluding hydrogens is 459 g/mol. The first-order valence-electron chi connectivity index (χ1n) is 9.90. The van der Waals surface area contributed by atoms with Crippen LogP contribution in [0.25, 0.3) is 5.65 Å². The zero-order valence-corrected chi connectivity index (χ0v) is 19.3. The number of nitrogens with two attached hydrogens (primary N) is 1. The molecule has 1 aromatic carbocycles. The van der Waals surface area contributed by atoms with Crippen molar-refractivity contribution in [1.82, 2.24) is 19.9 Å². The third-order valence-electron chi connectivity index (χ3n) is 6.24. The number of fused-ring (bicyclic) bond motifs is 3. The Hall–Kier alpha value is -1.91. The third-order valence-corrected chi connectivity index (χ3v) is 7.15. The number of nitrogens with zero attached hydrogens (tertiary/aromatic N) is 3. The van der Waals surface area contributed by atoms with Crippen molar-refractivity contribution >= 4 is 46.3 Å². The minimum atomic E-state index is -3.72. The number of hydrogen-bond acceptors (Lipinski definition) is 6. The number of nitrogens with one attached hydrogen (secondary N) is 2. The molecule has 5 rings (SSSR count). The number of sulfonamides is 1. The van der Waals surface area contributed by atoms with E-state index in [1.54, 1.807) is 18.3 Å². The fraction of sp³-hybridized carbons (Fsp3) is 0.400. The van der Waals surface area contributed by atoms with Crippen LogP contribution in [0.5, 0.6) is 0 Å². The molecule has 11 heteroatoms. The molecular formula is C20H26Cl2N6O2S. The van der Waals surface area contributed by atoms with Crippen molar-refractivity contribution in [2.45, 2.75) is 42.5 Å². The van der Waals surface area contributed by atoms with Crippen LogP contribution < -0.4 is 15.8 Å². The van der Waals surface area contributed by atoms with Crippen LogP contribution in [-0.2, 0) is 28.4 Å². The van der Waals surface area contributed by atoms with Crippen molar-refractivity contribution in [1.29, 1.82) is 0 Å². The molecule has 168 valence electrons. The van der Waals surface area contributed by atoms with E-state index in [9.17, 15) is 8.42 Å². The Balaban J connectivity index is 0.00000136. The molecule has 2 aromatic heterocycles. The summed E-state index contributed by atoms with van der Waals surface area (Å²) in [6.07, 6.45) is 6.05. The number of halogens is 2. The standard InChI is InChI=1S/C20H24N6O2S.2ClH/c21-29(27,28)15-3-1-2-14(12-15)13-23-19-16-4-6-20(7-10-22-11-8-20)18(16)25-17-5-9-24-26(17)19;;/h1-3,5,9,12,22-23H,4,6-8,10-11,13H2,(H2,21,27,28);2*1H. The average molecular weight is 485 g/mol. The van der Waals surface area contributed by atoms with Crippen LogP contribution in [0.1, 0.15) is 36.1 Å². The first-order chi connectivity index (χ1) is 14.0. The first-order valence-corrected chi connectivity index (χ1v) is 11.4. The van der Waals surface area contributed by atoms with E-state index in [1.165, 1.54) is 17.3 Å². The van der Waals surface area contributed by atoms with Gasteiger partial charge in [0.15, 0.2) is 5.65 Å². The van der Waals surface area contributed by atoms with Crippen LogP contribution in [0.3, 0.4) is 0 Å². The van der Waals surface area contributed by atoms with Gasteiger partial charge in [0.2, 0.25) is 10.0 Å². The summed E-state index contributed by atoms with van der Waals surface area (Å²) in [4.78, 5) is 5.11. The molecule has 31 heavy (non-hydrogen) atoms. The molecule has 1 fully saturated rings. The van der Waals surface area contributed by atoms with Gasteiger partial charge in [-0.1, -0.05) is 12.1 Å². The second kappa shape index (κ2) is 8.91. The Labute approximate surface area is 193 Å². The normalized spacial score (nSPS) is 17.1. The molecule has 0 radical (unpaired) electrons. The Kier molecular flexibility index (Phi) is 6.83. The summed E-state index contributed by atoms with van der Waals surface area (Å²) in [6, 6.07) is 8.65. The van der Waals surface area contributed by atoms with Crippen LogP contribution in [0.2, 0.25) is 0 Å². The molecule has 1 aliphatic carbocycles. The maximum Gasteiger partial charge on any atom is 0.238 e. The van der Waals surface area contributed by atoms with E-state index in [2.05, 4.69) is 15.7 Å². The van der Waals surface area contributed by atoms with Gasteiger partial charge in [-0.25, -0.2) is 18.5 Å². The van der Waals surface area contributed by atoms with E-state index in [4.69, 9.17) is 10.1 Å². The number of anilines is 1. The van der Waals surface area contributed by atoms with Crippen molar-refractivity contribution in [3.8, 4) is 0 Å². The number of hydrogen-bond donors (Lipinski definition) is 3. The molecule has 0 atom stereocenters. The molecule has 1 aliphatic heterocycles. The summed E-state index contributed by atoms with van der Waals surface area (Å²) < 4.78 is 25.2. The van der Waals surface area contributed by atoms with Gasteiger partial charge in [0.25, 0.3) is 0 Å². The maximum absolute atomic E-state index is 11.7. The molecule has 2 aliphatic rings. The molecule has 0 saturated carbocycles. The predicted molar refractivity (Wildman–Crippen MR) is 125 cm³/mol. The number of piperidine rings is 1. The smallest absolute Gasteiger partial charge is 0.238 e. The number of benzene rings is 1. The highest BCUT2D eigenvalue weighted by molar-refractivity contribution is 7.89. The summed E-state index contributed by atoms with van der Waals surface area (Å²) >= 11 is 0. The highest BCUT2D eigenvalue weighted by atomic mass is 35.5. The average Bonchev–Trinajstić information content (AvgIpc) is 3.31. The summed E-state index contributed by atoms with van der Waals surface area (Å²) in [6.45, 7) is 2.52. The van der Waals surface area contributed by atoms with E-state index in [1.807, 2.05) is 16.6 Å². The van der Waals surface area contributed by atoms with E-state index < -0.39 is 10.0 Å². The number of aromatic nitrogens is 3. The Morgan fingerprint density at radius 2 is 1.94 bits per heavy atom. The van der Waals surface area contributed by atoms with Crippen molar-refractivity contribution in [3.05, 3.63) is 53.3 Å². The lowest BCUT2D eigenvalue weighted by Gasteiger charge is -2.34. The van der Waals surface area contributed by atoms with E-state index in [0.717, 1.165) is 55.8 Å². The van der Waals surface area contributed by atoms with Gasteiger partial charge < -0.3 is 10.6 Å². The molecule has 8 nitrogen and oxygen atoms in total. The fourth-order valence-electron chi connectivity index (χ4n) is 4.73. The molecule has 0 unspecified atom stereocenters. The van der Waals surface area contributed by atoms with Crippen LogP contribution in [0, 0.1) is 0 Å². The Morgan fingerprint density at radius 3 is 2.68 bits per heavy atom. The molecule has 3 heterocycles. The monoisotopic (exact) mass is 484 g/mol. The highest BCUT2D eigenvalue weighted by Crippen LogP contribution is 2.46. The van der Waals surface area contributed by atoms with Crippen molar-refractivity contribution in [2.24, 2.45) is 5.14 Å². The van der Waals surface area contributed by atoms with Crippen molar-refractivity contribution in [3.63, 3.8) is 0 Å². The molecule has 3 aromatic rings. The van der Waals surface area contributed by atoms with Gasteiger partial charge >= 0.3 is 0 Å². The number of rotatable bonds is 4. The third kappa shape index (κ3) is 4.25. The zero-order chi connectivity index (χ0) is 20.1. The molecule has 4 N–H and O–H groups in total. The maximum atomic E-state index is 11.7. The van der Waals surface area contributed by atoms with Crippen LogP contribution >= 0.6 is 24.8 Å². The molecule has 0 amide bonds. The lowest BCUT2D eigenvalue weighted by Crippen LogP contribution is -2.39. The van der Waals surface area contributed by atoms with Crippen molar-refractivity contribution < 1.29 is 8.42 Å². The van der Waals surface area contributed by atoms with Gasteiger partial charge in [-0.15, -0.1) is 24.8 Å². The van der Waals surface area contributed by atoms with E-state index >= 15 is 0 Å². The Bertz CT molecular complexity index is 1190. The van der Waals surface area contributed by atoms with Crippen LogP contribution in [-0.4, -0.2) is 36.1 Å². The quantitative estimate of drug-likeness (QED) is 0.523. The van der Waals surface area contributed by atoms with E-state index in [-0.39, 0.29) is 35.1 Å². The van der Waals surface area contributed by atoms with E-state index in [0.29, 0.717) is 6.54 Å². The second-order valence-corrected chi connectivity index (χ2v) is 9.53. The van der Waals surface area contributed by atoms with Gasteiger partial charge in [-0.2, -0.15) is 9.61 Å². The zero-order valence-electron chi connectivity index (χ0n) is 16.9. The van der Waals surface area contributed by atoms with Gasteiger partial charge in [0.1, 0.15) is 5.82 Å². The molecule has 0 bridgehead atoms. The number of primary sulfonamides is 1. The molecule has 1 saturated heterocycles. The van der Waals surface area contributed by atoms with Crippen LogP contribution in [0.15, 0.2) is 41.4 Å². The minimum absolute atomic E-state index is 0. The molecule has 1 spiro atoms. The minimum Gasteiger partial charge on any atom is -0.366 e. The lowest BCUT2D eigenvalue weighted by molar-refractivity contribution is 0.301. The fourth-order valence-corrected chi connectivity index (χ4v) is 5.31. The topological polar surface area (TPSA) is 114 Å². The second-order valence-electron chi connectivity index (χ2n) is 7.97. The lowest BCUT2D eigenvalue weighted by atomic mass is 9.77. The van der Waals surface area contributed by atoms with Gasteiger partial charge in [-0.05, 0) is 56.5 Å². The SMILES string of the molecule is Cl.Cl.NS(=O)(=O)c1cccc(CNc2c3c(nc4ccnn24)C2(CCNCC2)CC3)c1.